The highest BCUT2D eigenvalue weighted by atomic mass is 32.2. The number of rotatable bonds is 4. The first-order valence-electron chi connectivity index (χ1n) is 9.12. The molecule has 1 aliphatic rings. The average molecular weight is 399 g/mol. The summed E-state index contributed by atoms with van der Waals surface area (Å²) in [6.07, 6.45) is 3.65. The van der Waals surface area contributed by atoms with Crippen molar-refractivity contribution in [2.24, 2.45) is 5.10 Å². The van der Waals surface area contributed by atoms with Gasteiger partial charge in [-0.3, -0.25) is 0 Å². The van der Waals surface area contributed by atoms with Crippen LogP contribution in [0.25, 0.3) is 10.1 Å². The molecule has 0 unspecified atom stereocenters. The maximum Gasteiger partial charge on any atom is 0.276 e. The van der Waals surface area contributed by atoms with Gasteiger partial charge in [0.25, 0.3) is 10.0 Å². The summed E-state index contributed by atoms with van der Waals surface area (Å²) in [6.45, 7) is 1.93. The molecule has 0 saturated heterocycles. The van der Waals surface area contributed by atoms with Gasteiger partial charge in [0, 0.05) is 10.4 Å². The molecule has 27 heavy (non-hydrogen) atoms. The van der Waals surface area contributed by atoms with Gasteiger partial charge in [-0.05, 0) is 79.1 Å². The molecule has 1 fully saturated rings. The van der Waals surface area contributed by atoms with Gasteiger partial charge in [-0.25, -0.2) is 4.83 Å². The van der Waals surface area contributed by atoms with E-state index in [-0.39, 0.29) is 4.90 Å². The van der Waals surface area contributed by atoms with Gasteiger partial charge in [-0.1, -0.05) is 29.8 Å². The van der Waals surface area contributed by atoms with Gasteiger partial charge >= 0.3 is 0 Å². The van der Waals surface area contributed by atoms with E-state index >= 15 is 0 Å². The fraction of sp³-hybridized carbons (Fsp3) is 0.286. The van der Waals surface area contributed by atoms with Crippen molar-refractivity contribution in [1.29, 1.82) is 0 Å². The number of fused-ring (bicyclic) bond motifs is 1. The van der Waals surface area contributed by atoms with Gasteiger partial charge in [0.15, 0.2) is 0 Å². The summed E-state index contributed by atoms with van der Waals surface area (Å²) in [7, 11) is -3.60. The number of nitrogens with zero attached hydrogens (tertiary/aromatic N) is 1. The summed E-state index contributed by atoms with van der Waals surface area (Å²) in [5.41, 5.74) is 3.33. The van der Waals surface area contributed by atoms with E-state index in [1.807, 2.05) is 6.92 Å². The molecule has 0 bridgehead atoms. The lowest BCUT2D eigenvalue weighted by Gasteiger charge is -2.23. The molecule has 4 nitrogen and oxygen atoms in total. The van der Waals surface area contributed by atoms with Gasteiger partial charge in [0.1, 0.15) is 0 Å². The fourth-order valence-corrected chi connectivity index (χ4v) is 5.15. The van der Waals surface area contributed by atoms with Crippen molar-refractivity contribution < 1.29 is 8.42 Å². The van der Waals surface area contributed by atoms with Gasteiger partial charge in [-0.15, -0.1) is 11.3 Å². The second-order valence-corrected chi connectivity index (χ2v) is 9.69. The zero-order valence-corrected chi connectivity index (χ0v) is 16.8. The van der Waals surface area contributed by atoms with E-state index in [0.717, 1.165) is 37.0 Å². The molecule has 0 spiro atoms. The molecule has 0 atom stereocenters. The van der Waals surface area contributed by atoms with E-state index in [1.165, 1.54) is 15.6 Å². The summed E-state index contributed by atoms with van der Waals surface area (Å²) < 4.78 is 26.0. The number of aryl methyl sites for hydroxylation is 1. The van der Waals surface area contributed by atoms with Crippen molar-refractivity contribution >= 4 is 37.2 Å². The van der Waals surface area contributed by atoms with Crippen molar-refractivity contribution in [3.05, 3.63) is 65.0 Å². The molecule has 0 amide bonds. The van der Waals surface area contributed by atoms with Crippen molar-refractivity contribution in [1.82, 2.24) is 4.83 Å². The first-order valence-corrected chi connectivity index (χ1v) is 11.5. The van der Waals surface area contributed by atoms with E-state index in [9.17, 15) is 8.42 Å². The molecule has 1 saturated carbocycles. The predicted octanol–water partition coefficient (Wildman–Crippen LogP) is 5.20. The standard InChI is InChI=1S/C21H22N2O2S2/c1-15-2-9-20(10-3-15)27(24,25)23-22-19-7-4-16(5-8-19)17-6-11-21-18(14-17)12-13-26-21/h2-3,6,9-14,16,23H,4-5,7-8H2,1H3. The molecule has 1 aromatic heterocycles. The Bertz CT molecular complexity index is 1070. The Morgan fingerprint density at radius 1 is 1.04 bits per heavy atom. The molecular formula is C21H22N2O2S2. The number of hydrogen-bond acceptors (Lipinski definition) is 4. The van der Waals surface area contributed by atoms with Crippen molar-refractivity contribution in [3.8, 4) is 0 Å². The van der Waals surface area contributed by atoms with E-state index in [0.29, 0.717) is 5.92 Å². The third-order valence-corrected chi connectivity index (χ3v) is 7.29. The highest BCUT2D eigenvalue weighted by Crippen LogP contribution is 2.34. The summed E-state index contributed by atoms with van der Waals surface area (Å²) >= 11 is 1.77. The zero-order chi connectivity index (χ0) is 18.9. The fourth-order valence-electron chi connectivity index (χ4n) is 3.53. The second-order valence-electron chi connectivity index (χ2n) is 7.08. The lowest BCUT2D eigenvalue weighted by atomic mass is 9.83. The normalized spacial score (nSPS) is 17.8. The third-order valence-electron chi connectivity index (χ3n) is 5.17. The number of nitrogens with one attached hydrogen (secondary N) is 1. The first kappa shape index (κ1) is 18.2. The van der Waals surface area contributed by atoms with E-state index in [2.05, 4.69) is 39.6 Å². The third kappa shape index (κ3) is 4.06. The highest BCUT2D eigenvalue weighted by Gasteiger charge is 2.20. The van der Waals surface area contributed by atoms with E-state index < -0.39 is 10.0 Å². The van der Waals surface area contributed by atoms with E-state index in [4.69, 9.17) is 0 Å². The van der Waals surface area contributed by atoms with Crippen LogP contribution >= 0.6 is 11.3 Å². The van der Waals surface area contributed by atoms with Crippen molar-refractivity contribution in [2.75, 3.05) is 0 Å². The Morgan fingerprint density at radius 3 is 2.52 bits per heavy atom. The summed E-state index contributed by atoms with van der Waals surface area (Å²) in [5, 5.41) is 7.64. The Morgan fingerprint density at radius 2 is 1.78 bits per heavy atom. The smallest absolute Gasteiger partial charge is 0.200 e. The minimum absolute atomic E-state index is 0.246. The van der Waals surface area contributed by atoms with Crippen LogP contribution in [0.4, 0.5) is 0 Å². The van der Waals surface area contributed by atoms with Crippen LogP contribution < -0.4 is 4.83 Å². The molecule has 1 heterocycles. The molecule has 140 valence electrons. The molecule has 3 aromatic rings. The predicted molar refractivity (Wildman–Crippen MR) is 112 cm³/mol. The Kier molecular flexibility index (Phi) is 5.02. The minimum atomic E-state index is -3.60. The molecule has 1 aliphatic carbocycles. The molecule has 1 N–H and O–H groups in total. The van der Waals surface area contributed by atoms with Crippen LogP contribution in [0.5, 0.6) is 0 Å². The molecule has 2 aromatic carbocycles. The van der Waals surface area contributed by atoms with Gasteiger partial charge in [0.2, 0.25) is 0 Å². The Balaban J connectivity index is 1.40. The first-order chi connectivity index (χ1) is 13.0. The molecular weight excluding hydrogens is 376 g/mol. The van der Waals surface area contributed by atoms with Crippen LogP contribution in [0.15, 0.2) is 63.9 Å². The van der Waals surface area contributed by atoms with E-state index in [1.54, 1.807) is 35.6 Å². The average Bonchev–Trinajstić information content (AvgIpc) is 3.15. The minimum Gasteiger partial charge on any atom is -0.200 e. The maximum absolute atomic E-state index is 12.4. The van der Waals surface area contributed by atoms with Gasteiger partial charge < -0.3 is 0 Å². The molecule has 6 heteroatoms. The summed E-state index contributed by atoms with van der Waals surface area (Å²) in [6, 6.07) is 15.7. The Labute approximate surface area is 164 Å². The lowest BCUT2D eigenvalue weighted by Crippen LogP contribution is -2.22. The van der Waals surface area contributed by atoms with Crippen LogP contribution in [-0.2, 0) is 10.0 Å². The molecule has 4 rings (SSSR count). The van der Waals surface area contributed by atoms with Gasteiger partial charge in [0.05, 0.1) is 4.90 Å². The molecule has 0 aliphatic heterocycles. The summed E-state index contributed by atoms with van der Waals surface area (Å²) in [5.74, 6) is 0.516. The van der Waals surface area contributed by atoms with Crippen molar-refractivity contribution in [2.45, 2.75) is 43.4 Å². The highest BCUT2D eigenvalue weighted by molar-refractivity contribution is 7.89. The number of thiophene rings is 1. The van der Waals surface area contributed by atoms with Gasteiger partial charge in [-0.2, -0.15) is 13.5 Å². The maximum atomic E-state index is 12.4. The molecule has 0 radical (unpaired) electrons. The van der Waals surface area contributed by atoms with Crippen molar-refractivity contribution in [3.63, 3.8) is 0 Å². The zero-order valence-electron chi connectivity index (χ0n) is 15.2. The number of hydrogen-bond donors (Lipinski definition) is 1. The number of sulfonamides is 1. The number of benzene rings is 2. The number of hydrazone groups is 1. The Hall–Kier alpha value is -2.18. The van der Waals surface area contributed by atoms with Crippen LogP contribution in [-0.4, -0.2) is 14.1 Å². The van der Waals surface area contributed by atoms with Crippen LogP contribution in [0, 0.1) is 6.92 Å². The lowest BCUT2D eigenvalue weighted by molar-refractivity contribution is 0.561. The monoisotopic (exact) mass is 398 g/mol. The van der Waals surface area contributed by atoms with Crippen LogP contribution in [0.2, 0.25) is 0 Å². The second kappa shape index (κ2) is 7.44. The van der Waals surface area contributed by atoms with Crippen LogP contribution in [0.3, 0.4) is 0 Å². The van der Waals surface area contributed by atoms with Crippen LogP contribution in [0.1, 0.15) is 42.7 Å². The topological polar surface area (TPSA) is 58.5 Å². The summed E-state index contributed by atoms with van der Waals surface area (Å²) in [4.78, 5) is 2.65. The SMILES string of the molecule is Cc1ccc(S(=O)(=O)NN=C2CCC(c3ccc4sccc4c3)CC2)cc1. The quantitative estimate of drug-likeness (QED) is 0.614. The largest absolute Gasteiger partial charge is 0.276 e.